The third kappa shape index (κ3) is 2.66. The molecule has 1 atom stereocenters. The van der Waals surface area contributed by atoms with Crippen LogP contribution in [0.1, 0.15) is 34.8 Å². The quantitative estimate of drug-likeness (QED) is 0.844. The Balaban J connectivity index is 1.73. The number of thiazole rings is 1. The molecule has 19 heavy (non-hydrogen) atoms. The summed E-state index contributed by atoms with van der Waals surface area (Å²) in [7, 11) is 0. The third-order valence-corrected chi connectivity index (χ3v) is 4.12. The molecule has 0 aromatic carbocycles. The zero-order chi connectivity index (χ0) is 13.1. The Labute approximate surface area is 116 Å². The molecular weight excluding hydrogens is 258 g/mol. The van der Waals surface area contributed by atoms with Crippen LogP contribution in [0, 0.1) is 0 Å². The summed E-state index contributed by atoms with van der Waals surface area (Å²) in [5, 5.41) is 1.82. The van der Waals surface area contributed by atoms with Gasteiger partial charge in [0.15, 0.2) is 0 Å². The van der Waals surface area contributed by atoms with E-state index in [0.29, 0.717) is 11.6 Å². The molecule has 1 aliphatic rings. The highest BCUT2D eigenvalue weighted by Gasteiger charge is 2.26. The van der Waals surface area contributed by atoms with Crippen LogP contribution in [0.5, 0.6) is 0 Å². The van der Waals surface area contributed by atoms with Crippen molar-refractivity contribution in [3.05, 3.63) is 46.7 Å². The first-order valence-corrected chi connectivity index (χ1v) is 7.36. The van der Waals surface area contributed by atoms with Crippen LogP contribution in [0.3, 0.4) is 0 Å². The van der Waals surface area contributed by atoms with Crippen molar-refractivity contribution in [2.45, 2.75) is 18.8 Å². The SMILES string of the molecule is O=C(c1cscn1)N1CCC[C@H](c2ccncc2)C1. The summed E-state index contributed by atoms with van der Waals surface area (Å²) >= 11 is 1.46. The number of hydrogen-bond acceptors (Lipinski definition) is 4. The van der Waals surface area contributed by atoms with E-state index in [4.69, 9.17) is 0 Å². The van der Waals surface area contributed by atoms with Gasteiger partial charge in [0.05, 0.1) is 5.51 Å². The minimum Gasteiger partial charge on any atom is -0.337 e. The van der Waals surface area contributed by atoms with Gasteiger partial charge in [0, 0.05) is 36.8 Å². The molecule has 98 valence electrons. The predicted molar refractivity (Wildman–Crippen MR) is 74.2 cm³/mol. The van der Waals surface area contributed by atoms with Crippen LogP contribution in [-0.2, 0) is 0 Å². The fraction of sp³-hybridized carbons (Fsp3) is 0.357. The van der Waals surface area contributed by atoms with E-state index in [1.165, 1.54) is 16.9 Å². The van der Waals surface area contributed by atoms with Crippen LogP contribution in [0.4, 0.5) is 0 Å². The molecule has 4 nitrogen and oxygen atoms in total. The fourth-order valence-corrected chi connectivity index (χ4v) is 3.08. The molecule has 2 aromatic heterocycles. The number of carbonyl (C=O) groups is 1. The highest BCUT2D eigenvalue weighted by atomic mass is 32.1. The smallest absolute Gasteiger partial charge is 0.273 e. The van der Waals surface area contributed by atoms with Gasteiger partial charge in [-0.05, 0) is 30.5 Å². The first-order valence-electron chi connectivity index (χ1n) is 6.42. The lowest BCUT2D eigenvalue weighted by molar-refractivity contribution is 0.0702. The molecule has 3 rings (SSSR count). The van der Waals surface area contributed by atoms with Gasteiger partial charge in [-0.1, -0.05) is 0 Å². The van der Waals surface area contributed by atoms with Crippen molar-refractivity contribution in [3.8, 4) is 0 Å². The highest BCUT2D eigenvalue weighted by molar-refractivity contribution is 7.07. The lowest BCUT2D eigenvalue weighted by Crippen LogP contribution is -2.39. The highest BCUT2D eigenvalue weighted by Crippen LogP contribution is 2.27. The van der Waals surface area contributed by atoms with Crippen LogP contribution in [0.25, 0.3) is 0 Å². The minimum absolute atomic E-state index is 0.0556. The number of likely N-dealkylation sites (tertiary alicyclic amines) is 1. The molecule has 1 amide bonds. The van der Waals surface area contributed by atoms with E-state index in [1.54, 1.807) is 5.51 Å². The summed E-state index contributed by atoms with van der Waals surface area (Å²) in [4.78, 5) is 22.4. The Morgan fingerprint density at radius 1 is 1.37 bits per heavy atom. The van der Waals surface area contributed by atoms with E-state index in [-0.39, 0.29) is 5.91 Å². The lowest BCUT2D eigenvalue weighted by Gasteiger charge is -2.32. The molecule has 5 heteroatoms. The average molecular weight is 273 g/mol. The van der Waals surface area contributed by atoms with Crippen LogP contribution in [0.2, 0.25) is 0 Å². The summed E-state index contributed by atoms with van der Waals surface area (Å²) in [5.41, 5.74) is 3.54. The fourth-order valence-electron chi connectivity index (χ4n) is 2.55. The van der Waals surface area contributed by atoms with Gasteiger partial charge in [-0.3, -0.25) is 9.78 Å². The zero-order valence-electron chi connectivity index (χ0n) is 10.5. The maximum absolute atomic E-state index is 12.3. The lowest BCUT2D eigenvalue weighted by atomic mass is 9.91. The molecule has 0 N–H and O–H groups in total. The molecule has 0 bridgehead atoms. The summed E-state index contributed by atoms with van der Waals surface area (Å²) in [6, 6.07) is 4.09. The van der Waals surface area contributed by atoms with Crippen molar-refractivity contribution in [1.29, 1.82) is 0 Å². The Kier molecular flexibility index (Phi) is 3.55. The second-order valence-corrected chi connectivity index (χ2v) is 5.46. The molecule has 3 heterocycles. The topological polar surface area (TPSA) is 46.1 Å². The third-order valence-electron chi connectivity index (χ3n) is 3.54. The zero-order valence-corrected chi connectivity index (χ0v) is 11.3. The Morgan fingerprint density at radius 2 is 2.21 bits per heavy atom. The number of rotatable bonds is 2. The second-order valence-electron chi connectivity index (χ2n) is 4.74. The van der Waals surface area contributed by atoms with Crippen molar-refractivity contribution in [2.24, 2.45) is 0 Å². The number of nitrogens with zero attached hydrogens (tertiary/aromatic N) is 3. The molecule has 0 aliphatic carbocycles. The van der Waals surface area contributed by atoms with Crippen LogP contribution in [0.15, 0.2) is 35.4 Å². The van der Waals surface area contributed by atoms with Gasteiger partial charge in [-0.25, -0.2) is 4.98 Å². The predicted octanol–water partition coefficient (Wildman–Crippen LogP) is 2.56. The van der Waals surface area contributed by atoms with E-state index in [2.05, 4.69) is 9.97 Å². The molecule has 1 fully saturated rings. The summed E-state index contributed by atoms with van der Waals surface area (Å²) in [6.07, 6.45) is 5.81. The number of piperidine rings is 1. The molecule has 0 saturated carbocycles. The Bertz CT molecular complexity index is 541. The largest absolute Gasteiger partial charge is 0.337 e. The average Bonchev–Trinajstić information content (AvgIpc) is 3.02. The summed E-state index contributed by atoms with van der Waals surface area (Å²) < 4.78 is 0. The van der Waals surface area contributed by atoms with Gasteiger partial charge < -0.3 is 4.90 Å². The summed E-state index contributed by atoms with van der Waals surface area (Å²) in [5.74, 6) is 0.472. The first-order chi connectivity index (χ1) is 9.34. The van der Waals surface area contributed by atoms with E-state index in [1.807, 2.05) is 34.8 Å². The minimum atomic E-state index is 0.0556. The van der Waals surface area contributed by atoms with Crippen LogP contribution < -0.4 is 0 Å². The molecule has 0 radical (unpaired) electrons. The number of carbonyl (C=O) groups excluding carboxylic acids is 1. The Hall–Kier alpha value is -1.75. The van der Waals surface area contributed by atoms with E-state index in [0.717, 1.165) is 25.9 Å². The van der Waals surface area contributed by atoms with Gasteiger partial charge >= 0.3 is 0 Å². The van der Waals surface area contributed by atoms with Crippen LogP contribution >= 0.6 is 11.3 Å². The van der Waals surface area contributed by atoms with Gasteiger partial charge in [0.25, 0.3) is 5.91 Å². The molecular formula is C14H15N3OS. The van der Waals surface area contributed by atoms with Crippen molar-refractivity contribution in [3.63, 3.8) is 0 Å². The first kappa shape index (κ1) is 12.3. The molecule has 2 aromatic rings. The van der Waals surface area contributed by atoms with Crippen molar-refractivity contribution < 1.29 is 4.79 Å². The molecule has 1 aliphatic heterocycles. The molecule has 0 unspecified atom stereocenters. The normalized spacial score (nSPS) is 19.4. The maximum Gasteiger partial charge on any atom is 0.273 e. The number of pyridine rings is 1. The van der Waals surface area contributed by atoms with E-state index in [9.17, 15) is 4.79 Å². The summed E-state index contributed by atoms with van der Waals surface area (Å²) in [6.45, 7) is 1.61. The Morgan fingerprint density at radius 3 is 2.95 bits per heavy atom. The van der Waals surface area contributed by atoms with Gasteiger partial charge in [-0.15, -0.1) is 11.3 Å². The van der Waals surface area contributed by atoms with Crippen molar-refractivity contribution in [1.82, 2.24) is 14.9 Å². The number of hydrogen-bond donors (Lipinski definition) is 0. The van der Waals surface area contributed by atoms with Gasteiger partial charge in [-0.2, -0.15) is 0 Å². The maximum atomic E-state index is 12.3. The monoisotopic (exact) mass is 273 g/mol. The second kappa shape index (κ2) is 5.48. The van der Waals surface area contributed by atoms with Crippen molar-refractivity contribution >= 4 is 17.2 Å². The van der Waals surface area contributed by atoms with E-state index >= 15 is 0 Å². The standard InChI is InChI=1S/C14H15N3OS/c18-14(13-9-19-10-16-13)17-7-1-2-12(8-17)11-3-5-15-6-4-11/h3-6,9-10,12H,1-2,7-8H2/t12-/m0/s1. The number of amides is 1. The number of aromatic nitrogens is 2. The van der Waals surface area contributed by atoms with Gasteiger partial charge in [0.2, 0.25) is 0 Å². The molecule has 1 saturated heterocycles. The van der Waals surface area contributed by atoms with E-state index < -0.39 is 0 Å². The van der Waals surface area contributed by atoms with Crippen LogP contribution in [-0.4, -0.2) is 33.9 Å². The van der Waals surface area contributed by atoms with Crippen molar-refractivity contribution in [2.75, 3.05) is 13.1 Å². The van der Waals surface area contributed by atoms with Gasteiger partial charge in [0.1, 0.15) is 5.69 Å². The molecule has 0 spiro atoms.